The van der Waals surface area contributed by atoms with E-state index in [1.165, 1.54) is 0 Å². The van der Waals surface area contributed by atoms with Crippen molar-refractivity contribution < 1.29 is 0 Å². The number of hydrogen-bond donors (Lipinski definition) is 2. The van der Waals surface area contributed by atoms with Gasteiger partial charge in [0.25, 0.3) is 0 Å². The average molecular weight is 450 g/mol. The lowest BCUT2D eigenvalue weighted by Crippen LogP contribution is -2.17. The molecule has 6 heteroatoms. The maximum absolute atomic E-state index is 4.54. The molecule has 2 aromatic rings. The first-order valence-corrected chi connectivity index (χ1v) is 9.42. The molecule has 1 saturated carbocycles. The van der Waals surface area contributed by atoms with Crippen LogP contribution in [0.25, 0.3) is 0 Å². The highest BCUT2D eigenvalue weighted by molar-refractivity contribution is 9.10. The molecule has 0 amide bonds. The Hall–Kier alpha value is -1.66. The standard InChI is InChI=1S/C18H18Br2N4/c19-13-4-1-6-15(10-13)21-23-17-8-3-9-18(12-17)24-22-16-7-2-5-14(20)11-16/h1-2,4-7,10-11,21-22H,3,8-9,12H2. The van der Waals surface area contributed by atoms with Crippen molar-refractivity contribution in [2.45, 2.75) is 25.7 Å². The minimum atomic E-state index is 0.808. The normalized spacial score (nSPS) is 17.9. The Morgan fingerprint density at radius 3 is 1.71 bits per heavy atom. The van der Waals surface area contributed by atoms with Crippen molar-refractivity contribution in [3.05, 3.63) is 57.5 Å². The zero-order valence-electron chi connectivity index (χ0n) is 13.1. The van der Waals surface area contributed by atoms with Crippen LogP contribution in [0.2, 0.25) is 0 Å². The van der Waals surface area contributed by atoms with E-state index in [-0.39, 0.29) is 0 Å². The molecular formula is C18H18Br2N4. The summed E-state index contributed by atoms with van der Waals surface area (Å²) in [7, 11) is 0. The van der Waals surface area contributed by atoms with Gasteiger partial charge in [0, 0.05) is 26.8 Å². The molecule has 1 aliphatic carbocycles. The number of hydrogen-bond acceptors (Lipinski definition) is 4. The molecule has 3 rings (SSSR count). The molecule has 0 bridgehead atoms. The molecule has 1 fully saturated rings. The molecule has 24 heavy (non-hydrogen) atoms. The molecule has 0 atom stereocenters. The largest absolute Gasteiger partial charge is 0.279 e. The van der Waals surface area contributed by atoms with Gasteiger partial charge in [-0.05, 0) is 55.7 Å². The molecular weight excluding hydrogens is 432 g/mol. The monoisotopic (exact) mass is 448 g/mol. The third-order valence-electron chi connectivity index (χ3n) is 3.67. The van der Waals surface area contributed by atoms with Crippen LogP contribution in [0.1, 0.15) is 25.7 Å². The third kappa shape index (κ3) is 5.18. The number of nitrogens with one attached hydrogen (secondary N) is 2. The van der Waals surface area contributed by atoms with Crippen molar-refractivity contribution in [2.24, 2.45) is 10.2 Å². The lowest BCUT2D eigenvalue weighted by molar-refractivity contribution is 0.867. The van der Waals surface area contributed by atoms with E-state index in [1.54, 1.807) is 0 Å². The molecule has 4 nitrogen and oxygen atoms in total. The molecule has 0 aliphatic heterocycles. The number of anilines is 2. The summed E-state index contributed by atoms with van der Waals surface area (Å²) in [6.07, 6.45) is 3.91. The van der Waals surface area contributed by atoms with Gasteiger partial charge in [-0.2, -0.15) is 10.2 Å². The maximum Gasteiger partial charge on any atom is 0.0573 e. The van der Waals surface area contributed by atoms with Gasteiger partial charge >= 0.3 is 0 Å². The molecule has 0 spiro atoms. The van der Waals surface area contributed by atoms with Crippen LogP contribution in [-0.4, -0.2) is 11.4 Å². The number of rotatable bonds is 4. The Labute approximate surface area is 158 Å². The van der Waals surface area contributed by atoms with E-state index in [1.807, 2.05) is 48.5 Å². The van der Waals surface area contributed by atoms with Gasteiger partial charge in [0.05, 0.1) is 11.4 Å². The molecule has 124 valence electrons. The van der Waals surface area contributed by atoms with Crippen molar-refractivity contribution in [1.29, 1.82) is 0 Å². The van der Waals surface area contributed by atoms with Crippen molar-refractivity contribution in [1.82, 2.24) is 0 Å². The van der Waals surface area contributed by atoms with Crippen LogP contribution in [-0.2, 0) is 0 Å². The van der Waals surface area contributed by atoms with Crippen molar-refractivity contribution in [3.63, 3.8) is 0 Å². The maximum atomic E-state index is 4.54. The van der Waals surface area contributed by atoms with E-state index in [2.05, 4.69) is 52.9 Å². The Balaban J connectivity index is 1.61. The summed E-state index contributed by atoms with van der Waals surface area (Å²) in [5, 5.41) is 9.09. The zero-order valence-corrected chi connectivity index (χ0v) is 16.3. The number of halogens is 2. The van der Waals surface area contributed by atoms with Crippen LogP contribution in [0.5, 0.6) is 0 Å². The number of nitrogens with zero attached hydrogens (tertiary/aromatic N) is 2. The second kappa shape index (κ2) is 8.44. The molecule has 2 aromatic carbocycles. The van der Waals surface area contributed by atoms with Crippen LogP contribution < -0.4 is 10.9 Å². The van der Waals surface area contributed by atoms with Crippen LogP contribution in [0.15, 0.2) is 67.7 Å². The van der Waals surface area contributed by atoms with E-state index in [4.69, 9.17) is 0 Å². The SMILES string of the molecule is Brc1cccc(NN=C2CCCC(=NNc3cccc(Br)c3)C2)c1. The fourth-order valence-corrected chi connectivity index (χ4v) is 3.30. The predicted molar refractivity (Wildman–Crippen MR) is 109 cm³/mol. The fourth-order valence-electron chi connectivity index (χ4n) is 2.50. The first-order chi connectivity index (χ1) is 11.7. The molecule has 0 aromatic heterocycles. The Morgan fingerprint density at radius 1 is 0.750 bits per heavy atom. The minimum Gasteiger partial charge on any atom is -0.279 e. The first-order valence-electron chi connectivity index (χ1n) is 7.83. The summed E-state index contributed by atoms with van der Waals surface area (Å²) in [6, 6.07) is 16.0. The van der Waals surface area contributed by atoms with Crippen molar-refractivity contribution in [2.75, 3.05) is 10.9 Å². The van der Waals surface area contributed by atoms with Gasteiger partial charge in [-0.25, -0.2) is 0 Å². The minimum absolute atomic E-state index is 0.808. The van der Waals surface area contributed by atoms with Gasteiger partial charge in [0.1, 0.15) is 0 Å². The van der Waals surface area contributed by atoms with Gasteiger partial charge in [0.15, 0.2) is 0 Å². The Morgan fingerprint density at radius 2 is 1.25 bits per heavy atom. The number of benzene rings is 2. The van der Waals surface area contributed by atoms with Crippen molar-refractivity contribution in [3.8, 4) is 0 Å². The molecule has 0 saturated heterocycles. The molecule has 0 unspecified atom stereocenters. The first kappa shape index (κ1) is 17.2. The average Bonchev–Trinajstić information content (AvgIpc) is 2.59. The Bertz CT molecular complexity index is 708. The van der Waals surface area contributed by atoms with Gasteiger partial charge in [0.2, 0.25) is 0 Å². The summed E-state index contributed by atoms with van der Waals surface area (Å²) in [5.74, 6) is 0. The summed E-state index contributed by atoms with van der Waals surface area (Å²) < 4.78 is 2.08. The molecule has 0 heterocycles. The van der Waals surface area contributed by atoms with Crippen LogP contribution >= 0.6 is 31.9 Å². The zero-order chi connectivity index (χ0) is 16.8. The van der Waals surface area contributed by atoms with Crippen LogP contribution in [0.4, 0.5) is 11.4 Å². The lowest BCUT2D eigenvalue weighted by Gasteiger charge is -2.16. The summed E-state index contributed by atoms with van der Waals surface area (Å²) in [6.45, 7) is 0. The molecule has 2 N–H and O–H groups in total. The lowest BCUT2D eigenvalue weighted by atomic mass is 9.97. The fraction of sp³-hybridized carbons (Fsp3) is 0.222. The Kier molecular flexibility index (Phi) is 6.04. The highest BCUT2D eigenvalue weighted by Gasteiger charge is 2.13. The van der Waals surface area contributed by atoms with Gasteiger partial charge in [-0.1, -0.05) is 44.0 Å². The number of hydrazone groups is 2. The van der Waals surface area contributed by atoms with E-state index in [9.17, 15) is 0 Å². The quantitative estimate of drug-likeness (QED) is 0.560. The van der Waals surface area contributed by atoms with Gasteiger partial charge in [-0.15, -0.1) is 0 Å². The highest BCUT2D eigenvalue weighted by atomic mass is 79.9. The summed E-state index contributed by atoms with van der Waals surface area (Å²) in [4.78, 5) is 0. The second-order valence-corrected chi connectivity index (χ2v) is 7.46. The highest BCUT2D eigenvalue weighted by Crippen LogP contribution is 2.19. The third-order valence-corrected chi connectivity index (χ3v) is 4.66. The van der Waals surface area contributed by atoms with Crippen LogP contribution in [0, 0.1) is 0 Å². The smallest absolute Gasteiger partial charge is 0.0573 e. The predicted octanol–water partition coefficient (Wildman–Crippen LogP) is 6.02. The van der Waals surface area contributed by atoms with Crippen LogP contribution in [0.3, 0.4) is 0 Å². The van der Waals surface area contributed by atoms with E-state index < -0.39 is 0 Å². The van der Waals surface area contributed by atoms with Gasteiger partial charge in [-0.3, -0.25) is 10.9 Å². The molecule has 1 aliphatic rings. The molecule has 0 radical (unpaired) electrons. The van der Waals surface area contributed by atoms with Gasteiger partial charge < -0.3 is 0 Å². The summed E-state index contributed by atoms with van der Waals surface area (Å²) in [5.41, 5.74) is 10.5. The van der Waals surface area contributed by atoms with E-state index >= 15 is 0 Å². The van der Waals surface area contributed by atoms with Crippen molar-refractivity contribution >= 4 is 54.7 Å². The topological polar surface area (TPSA) is 48.8 Å². The van der Waals surface area contributed by atoms with E-state index in [0.29, 0.717) is 0 Å². The summed E-state index contributed by atoms with van der Waals surface area (Å²) >= 11 is 6.93. The second-order valence-electron chi connectivity index (χ2n) is 5.63. The van der Waals surface area contributed by atoms with E-state index in [0.717, 1.165) is 57.4 Å².